The molecule has 1 aromatic carbocycles. The van der Waals surface area contributed by atoms with Crippen molar-refractivity contribution in [2.75, 3.05) is 0 Å². The zero-order chi connectivity index (χ0) is 17.3. The molecule has 6 heteroatoms. The van der Waals surface area contributed by atoms with Gasteiger partial charge in [-0.25, -0.2) is 4.79 Å². The van der Waals surface area contributed by atoms with Gasteiger partial charge in [-0.3, -0.25) is 18.7 Å². The molecule has 0 fully saturated rings. The van der Waals surface area contributed by atoms with E-state index in [-0.39, 0.29) is 6.04 Å². The molecule has 0 saturated heterocycles. The first-order valence-corrected chi connectivity index (χ1v) is 7.38. The van der Waals surface area contributed by atoms with E-state index in [1.807, 2.05) is 26.0 Å². The maximum absolute atomic E-state index is 12.7. The van der Waals surface area contributed by atoms with Crippen LogP contribution in [-0.4, -0.2) is 20.2 Å². The number of aliphatic carboxylic acids is 1. The van der Waals surface area contributed by atoms with Crippen molar-refractivity contribution in [2.45, 2.75) is 40.3 Å². The van der Waals surface area contributed by atoms with Crippen molar-refractivity contribution in [3.05, 3.63) is 56.4 Å². The van der Waals surface area contributed by atoms with Gasteiger partial charge in [-0.1, -0.05) is 18.2 Å². The number of aromatic nitrogens is 2. The number of carboxylic acids is 1. The van der Waals surface area contributed by atoms with Gasteiger partial charge in [0.25, 0.3) is 5.56 Å². The normalized spacial score (nSPS) is 11.0. The van der Waals surface area contributed by atoms with Crippen LogP contribution in [-0.2, 0) is 11.3 Å². The Morgan fingerprint density at radius 3 is 2.39 bits per heavy atom. The molecule has 1 heterocycles. The van der Waals surface area contributed by atoms with Gasteiger partial charge in [0.1, 0.15) is 6.54 Å². The van der Waals surface area contributed by atoms with Crippen molar-refractivity contribution in [2.24, 2.45) is 0 Å². The number of rotatable bonds is 4. The van der Waals surface area contributed by atoms with Gasteiger partial charge in [0.15, 0.2) is 0 Å². The molecule has 2 rings (SSSR count). The largest absolute Gasteiger partial charge is 0.480 e. The summed E-state index contributed by atoms with van der Waals surface area (Å²) in [4.78, 5) is 36.1. The lowest BCUT2D eigenvalue weighted by molar-refractivity contribution is -0.137. The topological polar surface area (TPSA) is 81.3 Å². The molecule has 0 radical (unpaired) electrons. The zero-order valence-corrected chi connectivity index (χ0v) is 13.7. The fourth-order valence-electron chi connectivity index (χ4n) is 2.56. The van der Waals surface area contributed by atoms with Crippen LogP contribution in [0.4, 0.5) is 0 Å². The molecule has 0 unspecified atom stereocenters. The van der Waals surface area contributed by atoms with Crippen molar-refractivity contribution in [3.63, 3.8) is 0 Å². The highest BCUT2D eigenvalue weighted by Crippen LogP contribution is 2.22. The molecule has 122 valence electrons. The number of hydrogen-bond acceptors (Lipinski definition) is 3. The second-order valence-electron chi connectivity index (χ2n) is 5.86. The standard InChI is InChI=1S/C17H20N2O4/c1-10(2)19-16(22)14(8-18(17(19)23)9-15(20)21)13-7-5-6-11(3)12(13)4/h5-8,10H,9H2,1-4H3,(H,20,21). The number of carboxylic acid groups (broad SMARTS) is 1. The summed E-state index contributed by atoms with van der Waals surface area (Å²) >= 11 is 0. The van der Waals surface area contributed by atoms with E-state index in [9.17, 15) is 14.4 Å². The SMILES string of the molecule is Cc1cccc(-c2cn(CC(=O)O)c(=O)n(C(C)C)c2=O)c1C. The first-order valence-electron chi connectivity index (χ1n) is 7.38. The Morgan fingerprint density at radius 2 is 1.83 bits per heavy atom. The van der Waals surface area contributed by atoms with Gasteiger partial charge in [0.2, 0.25) is 0 Å². The van der Waals surface area contributed by atoms with Gasteiger partial charge in [-0.15, -0.1) is 0 Å². The van der Waals surface area contributed by atoms with E-state index in [0.717, 1.165) is 20.3 Å². The minimum absolute atomic E-state index is 0.334. The quantitative estimate of drug-likeness (QED) is 0.935. The highest BCUT2D eigenvalue weighted by molar-refractivity contribution is 5.69. The Kier molecular flexibility index (Phi) is 4.54. The smallest absolute Gasteiger partial charge is 0.331 e. The van der Waals surface area contributed by atoms with Crippen LogP contribution in [0.3, 0.4) is 0 Å². The first-order chi connectivity index (χ1) is 10.7. The molecule has 0 aliphatic rings. The number of benzene rings is 1. The Hall–Kier alpha value is -2.63. The van der Waals surface area contributed by atoms with E-state index in [4.69, 9.17) is 5.11 Å². The third kappa shape index (κ3) is 3.11. The van der Waals surface area contributed by atoms with Crippen LogP contribution < -0.4 is 11.2 Å². The van der Waals surface area contributed by atoms with Gasteiger partial charge >= 0.3 is 11.7 Å². The molecule has 1 N–H and O–H groups in total. The fourth-order valence-corrected chi connectivity index (χ4v) is 2.56. The molecule has 0 atom stereocenters. The summed E-state index contributed by atoms with van der Waals surface area (Å²) in [6, 6.07) is 5.22. The van der Waals surface area contributed by atoms with Crippen molar-refractivity contribution in [1.29, 1.82) is 0 Å². The minimum Gasteiger partial charge on any atom is -0.480 e. The first kappa shape index (κ1) is 16.7. The minimum atomic E-state index is -1.13. The monoisotopic (exact) mass is 316 g/mol. The van der Waals surface area contributed by atoms with E-state index in [2.05, 4.69) is 0 Å². The average molecular weight is 316 g/mol. The van der Waals surface area contributed by atoms with Gasteiger partial charge in [-0.05, 0) is 44.4 Å². The number of aryl methyl sites for hydroxylation is 1. The van der Waals surface area contributed by atoms with E-state index in [1.165, 1.54) is 6.20 Å². The lowest BCUT2D eigenvalue weighted by Gasteiger charge is -2.16. The van der Waals surface area contributed by atoms with Gasteiger partial charge in [-0.2, -0.15) is 0 Å². The molecule has 2 aromatic rings. The van der Waals surface area contributed by atoms with Gasteiger partial charge in [0, 0.05) is 12.2 Å². The molecule has 0 aliphatic carbocycles. The molecule has 0 aliphatic heterocycles. The van der Waals surface area contributed by atoms with Crippen LogP contribution in [0.5, 0.6) is 0 Å². The number of hydrogen-bond donors (Lipinski definition) is 1. The summed E-state index contributed by atoms with van der Waals surface area (Å²) < 4.78 is 2.17. The van der Waals surface area contributed by atoms with Gasteiger partial charge in [0.05, 0.1) is 5.56 Å². The Balaban J connectivity index is 2.86. The summed E-state index contributed by atoms with van der Waals surface area (Å²) in [5, 5.41) is 9.00. The Morgan fingerprint density at radius 1 is 1.17 bits per heavy atom. The van der Waals surface area contributed by atoms with Crippen LogP contribution in [0, 0.1) is 13.8 Å². The number of carbonyl (C=O) groups is 1. The second-order valence-corrected chi connectivity index (χ2v) is 5.86. The van der Waals surface area contributed by atoms with Gasteiger partial charge < -0.3 is 5.11 Å². The molecule has 0 spiro atoms. The van der Waals surface area contributed by atoms with Crippen molar-refractivity contribution < 1.29 is 9.90 Å². The summed E-state index contributed by atoms with van der Waals surface area (Å²) in [6.07, 6.45) is 1.35. The third-order valence-corrected chi connectivity index (χ3v) is 3.90. The lowest BCUT2D eigenvalue weighted by atomic mass is 9.99. The molecular weight excluding hydrogens is 296 g/mol. The highest BCUT2D eigenvalue weighted by Gasteiger charge is 2.17. The van der Waals surface area contributed by atoms with E-state index < -0.39 is 23.8 Å². The van der Waals surface area contributed by atoms with Crippen molar-refractivity contribution in [1.82, 2.24) is 9.13 Å². The van der Waals surface area contributed by atoms with E-state index in [0.29, 0.717) is 11.1 Å². The zero-order valence-electron chi connectivity index (χ0n) is 13.7. The molecule has 1 aromatic heterocycles. The molecule has 23 heavy (non-hydrogen) atoms. The van der Waals surface area contributed by atoms with E-state index in [1.54, 1.807) is 19.9 Å². The predicted molar refractivity (Wildman–Crippen MR) is 87.9 cm³/mol. The van der Waals surface area contributed by atoms with Crippen LogP contribution in [0.25, 0.3) is 11.1 Å². The second kappa shape index (κ2) is 6.24. The maximum Gasteiger partial charge on any atom is 0.331 e. The summed E-state index contributed by atoms with van der Waals surface area (Å²) in [7, 11) is 0. The van der Waals surface area contributed by atoms with Crippen LogP contribution in [0.1, 0.15) is 31.0 Å². The summed E-state index contributed by atoms with van der Waals surface area (Å²) in [6.45, 7) is 6.80. The fraction of sp³-hybridized carbons (Fsp3) is 0.353. The molecule has 0 amide bonds. The van der Waals surface area contributed by atoms with Crippen molar-refractivity contribution >= 4 is 5.97 Å². The lowest BCUT2D eigenvalue weighted by Crippen LogP contribution is -2.42. The maximum atomic E-state index is 12.7. The molecular formula is C17H20N2O4. The predicted octanol–water partition coefficient (Wildman–Crippen LogP) is 1.96. The number of nitrogens with zero attached hydrogens (tertiary/aromatic N) is 2. The highest BCUT2D eigenvalue weighted by atomic mass is 16.4. The summed E-state index contributed by atoms with van der Waals surface area (Å²) in [5.41, 5.74) is 1.99. The Labute approximate surface area is 133 Å². The van der Waals surface area contributed by atoms with Crippen LogP contribution in [0.2, 0.25) is 0 Å². The average Bonchev–Trinajstić information content (AvgIpc) is 2.44. The third-order valence-electron chi connectivity index (χ3n) is 3.90. The van der Waals surface area contributed by atoms with E-state index >= 15 is 0 Å². The molecule has 6 nitrogen and oxygen atoms in total. The van der Waals surface area contributed by atoms with Crippen LogP contribution in [0.15, 0.2) is 34.0 Å². The summed E-state index contributed by atoms with van der Waals surface area (Å²) in [5.74, 6) is -1.13. The van der Waals surface area contributed by atoms with Crippen molar-refractivity contribution in [3.8, 4) is 11.1 Å². The van der Waals surface area contributed by atoms with Crippen LogP contribution >= 0.6 is 0 Å². The molecule has 0 bridgehead atoms. The Bertz CT molecular complexity index is 875. The molecule has 0 saturated carbocycles.